The lowest BCUT2D eigenvalue weighted by atomic mass is 9.99. The number of nitrogens with two attached hydrogens (primary N) is 1. The Morgan fingerprint density at radius 2 is 1.78 bits per heavy atom. The summed E-state index contributed by atoms with van der Waals surface area (Å²) in [5.74, 6) is -1.38. The molecule has 2 heterocycles. The number of nitrogens with zero attached hydrogens (tertiary/aromatic N) is 2. The Morgan fingerprint density at radius 3 is 2.49 bits per heavy atom. The highest BCUT2D eigenvalue weighted by Gasteiger charge is 2.51. The van der Waals surface area contributed by atoms with Crippen molar-refractivity contribution in [1.82, 2.24) is 9.55 Å². The Kier molecular flexibility index (Phi) is 5.85. The van der Waals surface area contributed by atoms with Crippen molar-refractivity contribution in [2.75, 3.05) is 10.6 Å². The van der Waals surface area contributed by atoms with Gasteiger partial charge in [-0.3, -0.25) is 9.78 Å². The van der Waals surface area contributed by atoms with Crippen LogP contribution >= 0.6 is 0 Å². The number of pyridine rings is 1. The molecule has 0 atom stereocenters. The van der Waals surface area contributed by atoms with E-state index in [4.69, 9.17) is 5.73 Å². The number of urea groups is 1. The van der Waals surface area contributed by atoms with Crippen molar-refractivity contribution in [2.45, 2.75) is 31.0 Å². The molecule has 4 N–H and O–H groups in total. The summed E-state index contributed by atoms with van der Waals surface area (Å²) in [6.45, 7) is 0.457. The first-order valence-corrected chi connectivity index (χ1v) is 11.3. The molecule has 1 fully saturated rings. The maximum Gasteiger partial charge on any atom is 0.416 e. The Balaban J connectivity index is 1.35. The van der Waals surface area contributed by atoms with Crippen LogP contribution in [0.1, 0.15) is 29.7 Å². The van der Waals surface area contributed by atoms with Crippen LogP contribution in [0.4, 0.5) is 33.7 Å². The molecule has 2 aromatic carbocycles. The highest BCUT2D eigenvalue weighted by atomic mass is 19.4. The van der Waals surface area contributed by atoms with Crippen molar-refractivity contribution in [1.29, 1.82) is 0 Å². The summed E-state index contributed by atoms with van der Waals surface area (Å²) >= 11 is 0. The summed E-state index contributed by atoms with van der Waals surface area (Å²) in [4.78, 5) is 28.7. The summed E-state index contributed by atoms with van der Waals surface area (Å²) < 4.78 is 54.8. The molecule has 11 heteroatoms. The third-order valence-corrected chi connectivity index (χ3v) is 6.49. The fourth-order valence-corrected chi connectivity index (χ4v) is 4.33. The fraction of sp³-hybridized carbons (Fsp3) is 0.192. The molecule has 0 radical (unpaired) electrons. The van der Waals surface area contributed by atoms with Gasteiger partial charge in [-0.2, -0.15) is 13.2 Å². The smallest absolute Gasteiger partial charge is 0.369 e. The van der Waals surface area contributed by atoms with Crippen LogP contribution in [-0.2, 0) is 22.9 Å². The van der Waals surface area contributed by atoms with Crippen LogP contribution in [0.25, 0.3) is 10.9 Å². The molecule has 2 aromatic heterocycles. The number of aromatic nitrogens is 2. The first-order valence-electron chi connectivity index (χ1n) is 11.3. The maximum atomic E-state index is 14.0. The highest BCUT2D eigenvalue weighted by Crippen LogP contribution is 2.47. The van der Waals surface area contributed by atoms with Gasteiger partial charge in [0.15, 0.2) is 0 Å². The summed E-state index contributed by atoms with van der Waals surface area (Å²) in [5, 5.41) is 5.39. The Bertz CT molecular complexity index is 1530. The van der Waals surface area contributed by atoms with Gasteiger partial charge in [0.05, 0.1) is 33.6 Å². The van der Waals surface area contributed by atoms with Crippen molar-refractivity contribution >= 4 is 34.2 Å². The predicted molar refractivity (Wildman–Crippen MR) is 129 cm³/mol. The van der Waals surface area contributed by atoms with E-state index in [-0.39, 0.29) is 5.91 Å². The number of fused-ring (bicyclic) bond motifs is 1. The van der Waals surface area contributed by atoms with Gasteiger partial charge >= 0.3 is 12.2 Å². The minimum absolute atomic E-state index is 0.387. The topological polar surface area (TPSA) is 102 Å². The minimum atomic E-state index is -4.68. The average Bonchev–Trinajstić information content (AvgIpc) is 3.57. The molecule has 0 aliphatic heterocycles. The number of carbonyl (C=O) groups is 2. The molecule has 3 amide bonds. The summed E-state index contributed by atoms with van der Waals surface area (Å²) in [6.07, 6.45) is 0.133. The number of alkyl halides is 3. The fourth-order valence-electron chi connectivity index (χ4n) is 4.33. The van der Waals surface area contributed by atoms with Crippen LogP contribution in [0, 0.1) is 5.82 Å². The van der Waals surface area contributed by atoms with Gasteiger partial charge in [0.2, 0.25) is 5.91 Å². The summed E-state index contributed by atoms with van der Waals surface area (Å²) in [7, 11) is 0. The SMILES string of the molecule is NC(=O)C1(c2cc(Cn3ccc4c(NC(=O)Nc5cc(C(F)(F)F)ccc5F)cccc43)ccn2)CC1. The van der Waals surface area contributed by atoms with Gasteiger partial charge < -0.3 is 20.9 Å². The Hall–Kier alpha value is -4.41. The largest absolute Gasteiger partial charge is 0.416 e. The van der Waals surface area contributed by atoms with E-state index in [1.807, 2.05) is 29.0 Å². The van der Waals surface area contributed by atoms with Crippen molar-refractivity contribution in [2.24, 2.45) is 5.73 Å². The molecular weight excluding hydrogens is 490 g/mol. The van der Waals surface area contributed by atoms with E-state index in [0.29, 0.717) is 54.4 Å². The number of halogens is 4. The van der Waals surface area contributed by atoms with E-state index in [9.17, 15) is 27.2 Å². The second kappa shape index (κ2) is 8.91. The van der Waals surface area contributed by atoms with Crippen molar-refractivity contribution in [3.8, 4) is 0 Å². The zero-order valence-electron chi connectivity index (χ0n) is 19.3. The number of hydrogen-bond acceptors (Lipinski definition) is 3. The molecule has 0 spiro atoms. The number of primary amides is 1. The monoisotopic (exact) mass is 511 g/mol. The van der Waals surface area contributed by atoms with Crippen molar-refractivity contribution in [3.63, 3.8) is 0 Å². The van der Waals surface area contributed by atoms with E-state index in [1.165, 1.54) is 0 Å². The second-order valence-electron chi connectivity index (χ2n) is 8.95. The number of benzene rings is 2. The maximum absolute atomic E-state index is 14.0. The van der Waals surface area contributed by atoms with Crippen LogP contribution in [0.15, 0.2) is 67.0 Å². The second-order valence-corrected chi connectivity index (χ2v) is 8.95. The summed E-state index contributed by atoms with van der Waals surface area (Å²) in [5.41, 5.74) is 5.93. The molecule has 0 saturated heterocycles. The van der Waals surface area contributed by atoms with Gasteiger partial charge in [0, 0.05) is 24.3 Å². The van der Waals surface area contributed by atoms with E-state index < -0.39 is 34.7 Å². The number of nitrogens with one attached hydrogen (secondary N) is 2. The number of rotatable bonds is 6. The molecule has 190 valence electrons. The first-order chi connectivity index (χ1) is 17.6. The van der Waals surface area contributed by atoms with Gasteiger partial charge in [-0.15, -0.1) is 0 Å². The van der Waals surface area contributed by atoms with Gasteiger partial charge in [-0.25, -0.2) is 9.18 Å². The van der Waals surface area contributed by atoms with E-state index in [0.717, 1.165) is 11.1 Å². The zero-order chi connectivity index (χ0) is 26.4. The zero-order valence-corrected chi connectivity index (χ0v) is 19.3. The van der Waals surface area contributed by atoms with Crippen LogP contribution in [0.3, 0.4) is 0 Å². The molecule has 5 rings (SSSR count). The first kappa shape index (κ1) is 24.3. The van der Waals surface area contributed by atoms with Crippen molar-refractivity contribution in [3.05, 3.63) is 89.6 Å². The van der Waals surface area contributed by atoms with Gasteiger partial charge in [-0.1, -0.05) is 6.07 Å². The number of amides is 3. The Labute approximate surface area is 208 Å². The normalized spacial score (nSPS) is 14.4. The number of carbonyl (C=O) groups excluding carboxylic acids is 2. The third-order valence-electron chi connectivity index (χ3n) is 6.49. The quantitative estimate of drug-likeness (QED) is 0.302. The molecule has 1 aliphatic rings. The van der Waals surface area contributed by atoms with Gasteiger partial charge in [0.1, 0.15) is 5.82 Å². The van der Waals surface area contributed by atoms with E-state index in [2.05, 4.69) is 15.6 Å². The molecule has 1 saturated carbocycles. The minimum Gasteiger partial charge on any atom is -0.369 e. The lowest BCUT2D eigenvalue weighted by Crippen LogP contribution is -2.29. The van der Waals surface area contributed by atoms with Crippen LogP contribution < -0.4 is 16.4 Å². The predicted octanol–water partition coefficient (Wildman–Crippen LogP) is 5.40. The van der Waals surface area contributed by atoms with Gasteiger partial charge in [0.25, 0.3) is 0 Å². The van der Waals surface area contributed by atoms with E-state index in [1.54, 1.807) is 24.4 Å². The number of hydrogen-bond donors (Lipinski definition) is 3. The van der Waals surface area contributed by atoms with Crippen LogP contribution in [0.5, 0.6) is 0 Å². The van der Waals surface area contributed by atoms with E-state index >= 15 is 0 Å². The Morgan fingerprint density at radius 1 is 1.03 bits per heavy atom. The number of anilines is 2. The third kappa shape index (κ3) is 4.72. The molecule has 0 unspecified atom stereocenters. The molecule has 7 nitrogen and oxygen atoms in total. The van der Waals surface area contributed by atoms with Crippen LogP contribution in [0.2, 0.25) is 0 Å². The van der Waals surface area contributed by atoms with Crippen LogP contribution in [-0.4, -0.2) is 21.5 Å². The highest BCUT2D eigenvalue weighted by molar-refractivity contribution is 6.06. The van der Waals surface area contributed by atoms with Gasteiger partial charge in [-0.05, 0) is 66.9 Å². The van der Waals surface area contributed by atoms with Crippen molar-refractivity contribution < 1.29 is 27.2 Å². The standard InChI is InChI=1S/C26H21F4N5O2/c27-18-5-4-16(26(28,29)30)13-20(18)34-24(37)33-19-2-1-3-21-17(19)7-11-35(21)14-15-6-10-32-22(12-15)25(8-9-25)23(31)36/h1-7,10-13H,8-9,14H2,(H2,31,36)(H2,33,34,37). The molecule has 4 aromatic rings. The average molecular weight is 511 g/mol. The lowest BCUT2D eigenvalue weighted by Gasteiger charge is -2.13. The molecule has 0 bridgehead atoms. The molecule has 37 heavy (non-hydrogen) atoms. The summed E-state index contributed by atoms with van der Waals surface area (Å²) in [6, 6.07) is 11.6. The molecular formula is C26H21F4N5O2. The lowest BCUT2D eigenvalue weighted by molar-refractivity contribution is -0.137. The molecule has 1 aliphatic carbocycles.